The summed E-state index contributed by atoms with van der Waals surface area (Å²) in [5.41, 5.74) is 1.87. The number of carbonyl (C=O) groups excluding carboxylic acids is 1. The van der Waals surface area contributed by atoms with E-state index in [0.29, 0.717) is 30.9 Å². The van der Waals surface area contributed by atoms with Gasteiger partial charge in [0.2, 0.25) is 5.91 Å². The van der Waals surface area contributed by atoms with Crippen molar-refractivity contribution in [2.24, 2.45) is 5.92 Å². The molecule has 0 spiro atoms. The summed E-state index contributed by atoms with van der Waals surface area (Å²) in [6.07, 6.45) is 5.42. The first-order valence-electron chi connectivity index (χ1n) is 9.51. The predicted octanol–water partition coefficient (Wildman–Crippen LogP) is 2.48. The average molecular weight is 354 g/mol. The molecule has 1 aromatic carbocycles. The molecular weight excluding hydrogens is 328 g/mol. The average Bonchev–Trinajstić information content (AvgIpc) is 2.69. The molecule has 2 aromatic rings. The van der Waals surface area contributed by atoms with E-state index >= 15 is 0 Å². The second-order valence-corrected chi connectivity index (χ2v) is 7.25. The SMILES string of the molecule is COCCCN1C(=O)CC[C@H]2CN(c3cnc4ccccc4n3)CC[C@H]21. The number of rotatable bonds is 5. The van der Waals surface area contributed by atoms with Gasteiger partial charge in [0.05, 0.1) is 17.2 Å². The molecule has 6 heteroatoms. The monoisotopic (exact) mass is 354 g/mol. The van der Waals surface area contributed by atoms with E-state index in [2.05, 4.69) is 14.8 Å². The number of hydrogen-bond donors (Lipinski definition) is 0. The predicted molar refractivity (Wildman–Crippen MR) is 101 cm³/mol. The molecule has 4 rings (SSSR count). The molecule has 2 atom stereocenters. The third-order valence-corrected chi connectivity index (χ3v) is 5.65. The molecule has 0 unspecified atom stereocenters. The molecule has 1 amide bonds. The maximum absolute atomic E-state index is 12.4. The highest BCUT2D eigenvalue weighted by Gasteiger charge is 2.39. The van der Waals surface area contributed by atoms with E-state index in [4.69, 9.17) is 9.72 Å². The zero-order valence-electron chi connectivity index (χ0n) is 15.3. The van der Waals surface area contributed by atoms with Gasteiger partial charge >= 0.3 is 0 Å². The highest BCUT2D eigenvalue weighted by atomic mass is 16.5. The summed E-state index contributed by atoms with van der Waals surface area (Å²) in [6.45, 7) is 3.39. The van der Waals surface area contributed by atoms with Crippen LogP contribution in [0.3, 0.4) is 0 Å². The zero-order valence-corrected chi connectivity index (χ0v) is 15.3. The van der Waals surface area contributed by atoms with Crippen molar-refractivity contribution < 1.29 is 9.53 Å². The van der Waals surface area contributed by atoms with E-state index in [1.165, 1.54) is 0 Å². The van der Waals surface area contributed by atoms with Crippen molar-refractivity contribution in [3.63, 3.8) is 0 Å². The van der Waals surface area contributed by atoms with Crippen molar-refractivity contribution in [1.82, 2.24) is 14.9 Å². The van der Waals surface area contributed by atoms with Crippen LogP contribution in [0, 0.1) is 5.92 Å². The van der Waals surface area contributed by atoms with Gasteiger partial charge in [-0.05, 0) is 37.3 Å². The molecule has 0 bridgehead atoms. The first kappa shape index (κ1) is 17.2. The molecule has 2 aliphatic heterocycles. The van der Waals surface area contributed by atoms with Gasteiger partial charge in [-0.3, -0.25) is 9.78 Å². The fraction of sp³-hybridized carbons (Fsp3) is 0.550. The number of amides is 1. The van der Waals surface area contributed by atoms with Crippen LogP contribution >= 0.6 is 0 Å². The lowest BCUT2D eigenvalue weighted by Gasteiger charge is -2.47. The summed E-state index contributed by atoms with van der Waals surface area (Å²) in [5, 5.41) is 0. The number of likely N-dealkylation sites (tertiary alicyclic amines) is 1. The Morgan fingerprint density at radius 1 is 1.23 bits per heavy atom. The number of nitrogens with zero attached hydrogens (tertiary/aromatic N) is 4. The lowest BCUT2D eigenvalue weighted by molar-refractivity contribution is -0.139. The van der Waals surface area contributed by atoms with E-state index in [1.54, 1.807) is 7.11 Å². The van der Waals surface area contributed by atoms with Crippen LogP contribution in [0.5, 0.6) is 0 Å². The minimum Gasteiger partial charge on any atom is -0.385 e. The van der Waals surface area contributed by atoms with Gasteiger partial charge in [0.15, 0.2) is 0 Å². The second-order valence-electron chi connectivity index (χ2n) is 7.25. The number of piperidine rings is 2. The van der Waals surface area contributed by atoms with Gasteiger partial charge in [-0.25, -0.2) is 4.98 Å². The van der Waals surface area contributed by atoms with Crippen molar-refractivity contribution in [2.45, 2.75) is 31.7 Å². The third kappa shape index (κ3) is 3.38. The smallest absolute Gasteiger partial charge is 0.222 e. The topological polar surface area (TPSA) is 58.6 Å². The summed E-state index contributed by atoms with van der Waals surface area (Å²) >= 11 is 0. The quantitative estimate of drug-likeness (QED) is 0.772. The van der Waals surface area contributed by atoms with E-state index in [9.17, 15) is 4.79 Å². The molecule has 0 saturated carbocycles. The Bertz CT molecular complexity index is 781. The Hall–Kier alpha value is -2.21. The summed E-state index contributed by atoms with van der Waals surface area (Å²) in [4.78, 5) is 26.2. The zero-order chi connectivity index (χ0) is 17.9. The first-order valence-corrected chi connectivity index (χ1v) is 9.51. The summed E-state index contributed by atoms with van der Waals surface area (Å²) < 4.78 is 5.15. The van der Waals surface area contributed by atoms with Crippen molar-refractivity contribution in [1.29, 1.82) is 0 Å². The van der Waals surface area contributed by atoms with Crippen LogP contribution in [-0.2, 0) is 9.53 Å². The van der Waals surface area contributed by atoms with Gasteiger partial charge in [-0.2, -0.15) is 0 Å². The van der Waals surface area contributed by atoms with Gasteiger partial charge < -0.3 is 14.5 Å². The molecule has 6 nitrogen and oxygen atoms in total. The Kier molecular flexibility index (Phi) is 5.02. The van der Waals surface area contributed by atoms with Crippen LogP contribution in [0.15, 0.2) is 30.5 Å². The van der Waals surface area contributed by atoms with Crippen molar-refractivity contribution in [2.75, 3.05) is 38.3 Å². The van der Waals surface area contributed by atoms with Crippen LogP contribution in [0.2, 0.25) is 0 Å². The van der Waals surface area contributed by atoms with Gasteiger partial charge in [0.1, 0.15) is 5.82 Å². The number of anilines is 1. The number of methoxy groups -OCH3 is 1. The highest BCUT2D eigenvalue weighted by molar-refractivity contribution is 5.78. The normalized spacial score (nSPS) is 23.3. The number of carbonyl (C=O) groups is 1. The van der Waals surface area contributed by atoms with Crippen molar-refractivity contribution in [3.05, 3.63) is 30.5 Å². The molecule has 138 valence electrons. The fourth-order valence-electron chi connectivity index (χ4n) is 4.33. The number of fused-ring (bicyclic) bond motifs is 2. The number of para-hydroxylation sites is 2. The number of hydrogen-bond acceptors (Lipinski definition) is 5. The summed E-state index contributed by atoms with van der Waals surface area (Å²) in [7, 11) is 1.71. The van der Waals surface area contributed by atoms with E-state index < -0.39 is 0 Å². The minimum atomic E-state index is 0.307. The molecular formula is C20H26N4O2. The standard InChI is InChI=1S/C20H26N4O2/c1-26-12-4-10-24-18-9-11-23(14-15(18)7-8-20(24)25)19-13-21-16-5-2-3-6-17(16)22-19/h2-3,5-6,13,15,18H,4,7-12,14H2,1H3/t15-,18+/m0/s1. The largest absolute Gasteiger partial charge is 0.385 e. The maximum Gasteiger partial charge on any atom is 0.222 e. The van der Waals surface area contributed by atoms with Gasteiger partial charge in [-0.15, -0.1) is 0 Å². The Labute approximate surface area is 154 Å². The van der Waals surface area contributed by atoms with Crippen LogP contribution in [0.1, 0.15) is 25.7 Å². The van der Waals surface area contributed by atoms with Crippen LogP contribution in [0.25, 0.3) is 11.0 Å². The minimum absolute atomic E-state index is 0.307. The Morgan fingerprint density at radius 3 is 2.92 bits per heavy atom. The summed E-state index contributed by atoms with van der Waals surface area (Å²) in [6, 6.07) is 8.34. The van der Waals surface area contributed by atoms with E-state index in [1.807, 2.05) is 30.5 Å². The van der Waals surface area contributed by atoms with Crippen LogP contribution in [0.4, 0.5) is 5.82 Å². The third-order valence-electron chi connectivity index (χ3n) is 5.65. The Morgan fingerprint density at radius 2 is 2.08 bits per heavy atom. The molecule has 0 N–H and O–H groups in total. The molecule has 2 fully saturated rings. The molecule has 2 aliphatic rings. The number of aromatic nitrogens is 2. The highest BCUT2D eigenvalue weighted by Crippen LogP contribution is 2.33. The van der Waals surface area contributed by atoms with E-state index in [0.717, 1.165) is 55.7 Å². The van der Waals surface area contributed by atoms with E-state index in [-0.39, 0.29) is 0 Å². The van der Waals surface area contributed by atoms with Crippen molar-refractivity contribution in [3.8, 4) is 0 Å². The molecule has 2 saturated heterocycles. The van der Waals surface area contributed by atoms with Crippen LogP contribution in [-0.4, -0.2) is 60.2 Å². The van der Waals surface area contributed by atoms with Gasteiger partial charge in [0, 0.05) is 45.8 Å². The van der Waals surface area contributed by atoms with Gasteiger partial charge in [0.25, 0.3) is 0 Å². The molecule has 3 heterocycles. The molecule has 1 aromatic heterocycles. The summed E-state index contributed by atoms with van der Waals surface area (Å²) in [5.74, 6) is 1.77. The fourth-order valence-corrected chi connectivity index (χ4v) is 4.33. The first-order chi connectivity index (χ1) is 12.8. The number of benzene rings is 1. The lowest BCUT2D eigenvalue weighted by Crippen LogP contribution is -2.56. The molecule has 0 radical (unpaired) electrons. The van der Waals surface area contributed by atoms with Gasteiger partial charge in [-0.1, -0.05) is 12.1 Å². The van der Waals surface area contributed by atoms with Crippen molar-refractivity contribution >= 4 is 22.8 Å². The van der Waals surface area contributed by atoms with Crippen LogP contribution < -0.4 is 4.90 Å². The number of ether oxygens (including phenoxy) is 1. The maximum atomic E-state index is 12.4. The molecule has 26 heavy (non-hydrogen) atoms. The Balaban J connectivity index is 1.47. The lowest BCUT2D eigenvalue weighted by atomic mass is 9.83. The second kappa shape index (κ2) is 7.58. The molecule has 0 aliphatic carbocycles.